The summed E-state index contributed by atoms with van der Waals surface area (Å²) in [6.07, 6.45) is 9.54. The number of benzene rings is 1. The first kappa shape index (κ1) is 18.9. The lowest BCUT2D eigenvalue weighted by Gasteiger charge is -2.29. The van der Waals surface area contributed by atoms with Crippen molar-refractivity contribution in [1.82, 2.24) is 19.9 Å². The Morgan fingerprint density at radius 1 is 1.20 bits per heavy atom. The molecule has 3 aromatic rings. The molecule has 0 unspecified atom stereocenters. The summed E-state index contributed by atoms with van der Waals surface area (Å²) in [7, 11) is 0. The third-order valence-corrected chi connectivity index (χ3v) is 5.69. The molecular formula is C22H27N7O. The molecule has 1 fully saturated rings. The molecule has 0 bridgehead atoms. The number of anilines is 4. The van der Waals surface area contributed by atoms with E-state index in [1.165, 1.54) is 12.1 Å². The van der Waals surface area contributed by atoms with Crippen molar-refractivity contribution in [3.63, 3.8) is 0 Å². The largest absolute Gasteiger partial charge is 0.378 e. The van der Waals surface area contributed by atoms with Crippen molar-refractivity contribution in [2.45, 2.75) is 32.2 Å². The van der Waals surface area contributed by atoms with E-state index in [-0.39, 0.29) is 6.04 Å². The van der Waals surface area contributed by atoms with Gasteiger partial charge in [-0.1, -0.05) is 12.2 Å². The van der Waals surface area contributed by atoms with Gasteiger partial charge >= 0.3 is 0 Å². The van der Waals surface area contributed by atoms with Crippen LogP contribution in [0.3, 0.4) is 0 Å². The van der Waals surface area contributed by atoms with Crippen molar-refractivity contribution < 1.29 is 4.74 Å². The van der Waals surface area contributed by atoms with Gasteiger partial charge in [-0.3, -0.25) is 0 Å². The van der Waals surface area contributed by atoms with E-state index in [0.717, 1.165) is 61.7 Å². The third-order valence-electron chi connectivity index (χ3n) is 5.69. The second-order valence-electron chi connectivity index (χ2n) is 7.83. The van der Waals surface area contributed by atoms with Crippen LogP contribution >= 0.6 is 0 Å². The van der Waals surface area contributed by atoms with Crippen molar-refractivity contribution in [3.8, 4) is 0 Å². The summed E-state index contributed by atoms with van der Waals surface area (Å²) < 4.78 is 5.46. The van der Waals surface area contributed by atoms with Crippen LogP contribution in [0.15, 0.2) is 36.7 Å². The number of imidazole rings is 1. The summed E-state index contributed by atoms with van der Waals surface area (Å²) in [5, 5.41) is 6.92. The fourth-order valence-electron chi connectivity index (χ4n) is 4.03. The van der Waals surface area contributed by atoms with Crippen LogP contribution in [0, 0.1) is 6.92 Å². The van der Waals surface area contributed by atoms with Gasteiger partial charge in [0.05, 0.1) is 19.5 Å². The monoisotopic (exact) mass is 405 g/mol. The van der Waals surface area contributed by atoms with Crippen LogP contribution in [0.5, 0.6) is 0 Å². The number of ether oxygens (including phenoxy) is 1. The Morgan fingerprint density at radius 3 is 2.90 bits per heavy atom. The second kappa shape index (κ2) is 8.31. The number of morpholine rings is 1. The summed E-state index contributed by atoms with van der Waals surface area (Å²) in [6.45, 7) is 5.52. The van der Waals surface area contributed by atoms with Gasteiger partial charge in [-0.2, -0.15) is 9.97 Å². The van der Waals surface area contributed by atoms with E-state index in [1.54, 1.807) is 6.33 Å². The van der Waals surface area contributed by atoms with E-state index in [0.29, 0.717) is 11.6 Å². The summed E-state index contributed by atoms with van der Waals surface area (Å²) in [5.74, 6) is 1.32. The Hall–Kier alpha value is -3.13. The number of hydrogen-bond acceptors (Lipinski definition) is 7. The molecule has 2 aromatic heterocycles. The Labute approximate surface area is 175 Å². The van der Waals surface area contributed by atoms with Crippen LogP contribution in [0.2, 0.25) is 0 Å². The maximum absolute atomic E-state index is 5.46. The summed E-state index contributed by atoms with van der Waals surface area (Å²) >= 11 is 0. The number of aromatic nitrogens is 4. The zero-order valence-electron chi connectivity index (χ0n) is 17.2. The van der Waals surface area contributed by atoms with Gasteiger partial charge in [0.1, 0.15) is 5.52 Å². The standard InChI is InChI=1S/C22H27N7O/c1-15-13-17(29-9-11-30-12-10-29)7-8-18(15)26-22-27-20-19(23-14-24-20)21(28-22)25-16-5-3-2-4-6-16/h3,5,7-8,13-14,16H,2,4,6,9-12H2,1H3,(H3,23,24,25,26,27,28)/t16-/m0/s1. The minimum atomic E-state index is 0.280. The van der Waals surface area contributed by atoms with Crippen molar-refractivity contribution in [3.05, 3.63) is 42.2 Å². The van der Waals surface area contributed by atoms with Gasteiger partial charge in [0.2, 0.25) is 5.95 Å². The van der Waals surface area contributed by atoms with Crippen LogP contribution < -0.4 is 15.5 Å². The predicted octanol–water partition coefficient (Wildman–Crippen LogP) is 3.76. The van der Waals surface area contributed by atoms with Crippen LogP contribution in [0.1, 0.15) is 24.8 Å². The number of nitrogens with one attached hydrogen (secondary N) is 3. The van der Waals surface area contributed by atoms with E-state index >= 15 is 0 Å². The van der Waals surface area contributed by atoms with Crippen molar-refractivity contribution in [1.29, 1.82) is 0 Å². The Kier molecular flexibility index (Phi) is 5.23. The average Bonchev–Trinajstić information content (AvgIpc) is 3.26. The first-order valence-corrected chi connectivity index (χ1v) is 10.6. The molecule has 1 aromatic carbocycles. The van der Waals surface area contributed by atoms with Crippen LogP contribution in [-0.2, 0) is 4.74 Å². The molecule has 0 spiro atoms. The van der Waals surface area contributed by atoms with Crippen molar-refractivity contribution in [2.75, 3.05) is 41.8 Å². The van der Waals surface area contributed by atoms with Crippen LogP contribution in [0.4, 0.5) is 23.1 Å². The summed E-state index contributed by atoms with van der Waals surface area (Å²) in [4.78, 5) is 19.2. The molecule has 1 aliphatic heterocycles. The number of hydrogen-bond donors (Lipinski definition) is 3. The zero-order valence-corrected chi connectivity index (χ0v) is 17.2. The molecule has 8 nitrogen and oxygen atoms in total. The molecular weight excluding hydrogens is 378 g/mol. The van der Waals surface area contributed by atoms with E-state index in [9.17, 15) is 0 Å². The van der Waals surface area contributed by atoms with Gasteiger partial charge in [0.25, 0.3) is 0 Å². The lowest BCUT2D eigenvalue weighted by atomic mass is 10.0. The maximum Gasteiger partial charge on any atom is 0.231 e. The molecule has 0 amide bonds. The van der Waals surface area contributed by atoms with Gasteiger partial charge < -0.3 is 25.3 Å². The predicted molar refractivity (Wildman–Crippen MR) is 120 cm³/mol. The zero-order chi connectivity index (χ0) is 20.3. The maximum atomic E-state index is 5.46. The minimum absolute atomic E-state index is 0.280. The molecule has 1 atom stereocenters. The van der Waals surface area contributed by atoms with Gasteiger partial charge in [-0.05, 0) is 49.9 Å². The molecule has 0 radical (unpaired) electrons. The van der Waals surface area contributed by atoms with E-state index < -0.39 is 0 Å². The lowest BCUT2D eigenvalue weighted by molar-refractivity contribution is 0.122. The fourth-order valence-corrected chi connectivity index (χ4v) is 4.03. The van der Waals surface area contributed by atoms with Gasteiger partial charge in [0, 0.05) is 30.5 Å². The molecule has 30 heavy (non-hydrogen) atoms. The average molecular weight is 406 g/mol. The lowest BCUT2D eigenvalue weighted by Crippen LogP contribution is -2.36. The molecule has 5 rings (SSSR count). The molecule has 1 aliphatic carbocycles. The van der Waals surface area contributed by atoms with Crippen LogP contribution in [-0.4, -0.2) is 52.3 Å². The second-order valence-corrected chi connectivity index (χ2v) is 7.83. The third kappa shape index (κ3) is 3.95. The highest BCUT2D eigenvalue weighted by Gasteiger charge is 2.16. The van der Waals surface area contributed by atoms with E-state index in [1.807, 2.05) is 0 Å². The molecule has 1 saturated heterocycles. The normalized spacial score (nSPS) is 19.2. The van der Waals surface area contributed by atoms with Crippen molar-refractivity contribution >= 4 is 34.3 Å². The number of rotatable bonds is 5. The summed E-state index contributed by atoms with van der Waals surface area (Å²) in [5.41, 5.74) is 4.84. The number of aromatic amines is 1. The summed E-state index contributed by atoms with van der Waals surface area (Å²) in [6, 6.07) is 6.71. The smallest absolute Gasteiger partial charge is 0.231 e. The quantitative estimate of drug-likeness (QED) is 0.557. The highest BCUT2D eigenvalue weighted by Crippen LogP contribution is 2.27. The number of aryl methyl sites for hydroxylation is 1. The SMILES string of the molecule is Cc1cc(N2CCOCC2)ccc1Nc1nc(N[C@H]2C=CCCC2)c2[nH]cnc2n1. The Morgan fingerprint density at radius 2 is 2.10 bits per heavy atom. The molecule has 8 heteroatoms. The first-order chi connectivity index (χ1) is 14.8. The van der Waals surface area contributed by atoms with Crippen LogP contribution in [0.25, 0.3) is 11.2 Å². The number of H-pyrrole nitrogens is 1. The number of nitrogens with zero attached hydrogens (tertiary/aromatic N) is 4. The van der Waals surface area contributed by atoms with Gasteiger partial charge in [-0.25, -0.2) is 4.98 Å². The van der Waals surface area contributed by atoms with E-state index in [2.05, 4.69) is 67.8 Å². The topological polar surface area (TPSA) is 91.0 Å². The highest BCUT2D eigenvalue weighted by molar-refractivity contribution is 5.84. The fraction of sp³-hybridized carbons (Fsp3) is 0.409. The molecule has 2 aliphatic rings. The van der Waals surface area contributed by atoms with E-state index in [4.69, 9.17) is 9.72 Å². The van der Waals surface area contributed by atoms with Gasteiger partial charge in [0.15, 0.2) is 11.5 Å². The van der Waals surface area contributed by atoms with Gasteiger partial charge in [-0.15, -0.1) is 0 Å². The molecule has 3 N–H and O–H groups in total. The minimum Gasteiger partial charge on any atom is -0.378 e. The molecule has 156 valence electrons. The highest BCUT2D eigenvalue weighted by atomic mass is 16.5. The van der Waals surface area contributed by atoms with Crippen molar-refractivity contribution in [2.24, 2.45) is 0 Å². The number of allylic oxidation sites excluding steroid dienone is 1. The Bertz CT molecular complexity index is 1050. The Balaban J connectivity index is 1.39. The first-order valence-electron chi connectivity index (χ1n) is 10.6. The molecule has 0 saturated carbocycles. The molecule has 3 heterocycles. The number of fused-ring (bicyclic) bond motifs is 1.